The van der Waals surface area contributed by atoms with Gasteiger partial charge >= 0.3 is 0 Å². The maximum Gasteiger partial charge on any atom is 0.186 e. The van der Waals surface area contributed by atoms with Gasteiger partial charge in [-0.25, -0.2) is 0 Å². The van der Waals surface area contributed by atoms with Crippen LogP contribution in [0.5, 0.6) is 0 Å². The molecule has 15 atom stereocenters. The van der Waals surface area contributed by atoms with E-state index in [1.54, 1.807) is 0 Å². The number of nitrogens with one attached hydrogen (secondary N) is 1. The maximum absolute atomic E-state index is 14.5. The highest BCUT2D eigenvalue weighted by atomic mass is 16.7. The second kappa shape index (κ2) is 10.4. The smallest absolute Gasteiger partial charge is 0.186 e. The number of aliphatic hydroxyl groups excluding tert-OH is 4. The van der Waals surface area contributed by atoms with Crippen molar-refractivity contribution in [3.8, 4) is 0 Å². The molecule has 0 amide bonds. The van der Waals surface area contributed by atoms with E-state index in [1.165, 1.54) is 11.1 Å². The number of hydrogen-bond donors (Lipinski definition) is 5. The summed E-state index contributed by atoms with van der Waals surface area (Å²) in [5.41, 5.74) is 2.90. The van der Waals surface area contributed by atoms with Crippen molar-refractivity contribution in [2.75, 3.05) is 13.2 Å². The van der Waals surface area contributed by atoms with Crippen LogP contribution in [0, 0.1) is 40.9 Å². The molecule has 2 saturated carbocycles. The number of carbonyl (C=O) groups excluding carboxylic acids is 1. The number of fused-ring (bicyclic) bond motifs is 6. The van der Waals surface area contributed by atoms with Crippen LogP contribution < -0.4 is 5.32 Å². The lowest BCUT2D eigenvalue weighted by atomic mass is 9.56. The molecule has 3 aliphatic heterocycles. The maximum atomic E-state index is 14.5. The van der Waals surface area contributed by atoms with Crippen molar-refractivity contribution < 1.29 is 39.4 Å². The Morgan fingerprint density at radius 3 is 2.69 bits per heavy atom. The molecule has 42 heavy (non-hydrogen) atoms. The van der Waals surface area contributed by atoms with Crippen LogP contribution in [-0.2, 0) is 19.0 Å². The van der Waals surface area contributed by atoms with Gasteiger partial charge in [-0.2, -0.15) is 0 Å². The third-order valence-corrected chi connectivity index (χ3v) is 12.8. The highest BCUT2D eigenvalue weighted by Crippen LogP contribution is 2.64. The summed E-state index contributed by atoms with van der Waals surface area (Å²) >= 11 is 0. The quantitative estimate of drug-likeness (QED) is 0.315. The molecule has 3 saturated heterocycles. The predicted octanol–water partition coefficient (Wildman–Crippen LogP) is 2.21. The molecule has 7 rings (SSSR count). The fourth-order valence-corrected chi connectivity index (χ4v) is 10.4. The van der Waals surface area contributed by atoms with Gasteiger partial charge in [-0.3, -0.25) is 4.79 Å². The molecule has 5 fully saturated rings. The van der Waals surface area contributed by atoms with Crippen LogP contribution in [0.3, 0.4) is 0 Å². The number of ketones is 1. The minimum Gasteiger partial charge on any atom is -0.396 e. The van der Waals surface area contributed by atoms with Gasteiger partial charge in [0, 0.05) is 23.5 Å². The van der Waals surface area contributed by atoms with Gasteiger partial charge in [0.25, 0.3) is 0 Å². The number of Topliss-reactive ketones (excluding diaryl/α,β-unsaturated/α-hetero) is 1. The number of hydrogen-bond acceptors (Lipinski definition) is 9. The summed E-state index contributed by atoms with van der Waals surface area (Å²) in [6.45, 7) is 9.65. The first-order chi connectivity index (χ1) is 20.0. The minimum absolute atomic E-state index is 0.0457. The molecule has 4 aliphatic carbocycles. The first-order valence-corrected chi connectivity index (χ1v) is 16.3. The second-order valence-corrected chi connectivity index (χ2v) is 14.9. The number of rotatable bonds is 3. The van der Waals surface area contributed by atoms with Gasteiger partial charge in [-0.15, -0.1) is 0 Å². The van der Waals surface area contributed by atoms with Gasteiger partial charge in [-0.1, -0.05) is 32.4 Å². The standard InChI is InChI=1S/C33H49NO8/c1-15-11-23-26(34-13-15)17(3)33(42-23)10-8-20-21-6-5-18-12-19(40-31-22(14-35)27(36)29(38)30(39)41-31)7-9-32(18,4)25(21)28(37)24(20)16(33)2/h5,15,17,19-23,25-27,29-31,34-36,38-39H,6-14H2,1-4H3/t15-,17+,19-,20-,21+,22+,23+,25-,26-,27-,29-,30-,31-,32-,33-/m0/s1. The first kappa shape index (κ1) is 29.5. The summed E-state index contributed by atoms with van der Waals surface area (Å²) in [6.07, 6.45) is 2.96. The third kappa shape index (κ3) is 4.14. The first-order valence-electron chi connectivity index (χ1n) is 16.3. The Kier molecular flexibility index (Phi) is 7.34. The van der Waals surface area contributed by atoms with Crippen molar-refractivity contribution in [2.24, 2.45) is 40.9 Å². The van der Waals surface area contributed by atoms with Gasteiger partial charge in [0.15, 0.2) is 18.4 Å². The van der Waals surface area contributed by atoms with E-state index in [-0.39, 0.29) is 35.1 Å². The van der Waals surface area contributed by atoms with Crippen molar-refractivity contribution in [3.63, 3.8) is 0 Å². The Hall–Kier alpha value is -1.17. The highest BCUT2D eigenvalue weighted by molar-refractivity contribution is 6.02. The molecule has 234 valence electrons. The van der Waals surface area contributed by atoms with E-state index in [9.17, 15) is 25.2 Å². The van der Waals surface area contributed by atoms with E-state index in [0.717, 1.165) is 44.2 Å². The number of ether oxygens (including phenoxy) is 3. The molecule has 0 aromatic heterocycles. The van der Waals surface area contributed by atoms with Crippen molar-refractivity contribution >= 4 is 5.78 Å². The largest absolute Gasteiger partial charge is 0.396 e. The fourth-order valence-electron chi connectivity index (χ4n) is 10.4. The van der Waals surface area contributed by atoms with Gasteiger partial charge in [0.2, 0.25) is 0 Å². The summed E-state index contributed by atoms with van der Waals surface area (Å²) in [4.78, 5) is 14.5. The van der Waals surface area contributed by atoms with E-state index >= 15 is 0 Å². The molecule has 0 aromatic carbocycles. The molecular formula is C33H49NO8. The van der Waals surface area contributed by atoms with Gasteiger partial charge in [0.1, 0.15) is 6.10 Å². The van der Waals surface area contributed by atoms with Gasteiger partial charge in [0.05, 0.1) is 36.4 Å². The normalized spacial score (nSPS) is 53.9. The Morgan fingerprint density at radius 1 is 1.14 bits per heavy atom. The zero-order valence-electron chi connectivity index (χ0n) is 25.4. The zero-order chi connectivity index (χ0) is 29.7. The lowest BCUT2D eigenvalue weighted by Crippen LogP contribution is -2.57. The van der Waals surface area contributed by atoms with E-state index in [0.29, 0.717) is 42.4 Å². The third-order valence-electron chi connectivity index (χ3n) is 12.8. The zero-order valence-corrected chi connectivity index (χ0v) is 25.4. The monoisotopic (exact) mass is 587 g/mol. The van der Waals surface area contributed by atoms with E-state index in [1.807, 2.05) is 0 Å². The number of carbonyl (C=O) groups is 1. The predicted molar refractivity (Wildman–Crippen MR) is 153 cm³/mol. The van der Waals surface area contributed by atoms with Crippen LogP contribution in [0.4, 0.5) is 0 Å². The highest BCUT2D eigenvalue weighted by Gasteiger charge is 2.63. The van der Waals surface area contributed by atoms with E-state index < -0.39 is 37.3 Å². The van der Waals surface area contributed by atoms with Crippen LogP contribution >= 0.6 is 0 Å². The molecule has 0 unspecified atom stereocenters. The molecule has 9 heteroatoms. The minimum atomic E-state index is -1.58. The number of aliphatic hydroxyl groups is 4. The molecule has 0 radical (unpaired) electrons. The van der Waals surface area contributed by atoms with Crippen LogP contribution in [-0.4, -0.2) is 88.0 Å². The Labute approximate surface area is 248 Å². The molecule has 3 heterocycles. The number of allylic oxidation sites excluding steroid dienone is 2. The Bertz CT molecular complexity index is 1170. The topological polar surface area (TPSA) is 138 Å². The van der Waals surface area contributed by atoms with Crippen LogP contribution in [0.2, 0.25) is 0 Å². The average Bonchev–Trinajstić information content (AvgIpc) is 3.41. The van der Waals surface area contributed by atoms with E-state index in [2.05, 4.69) is 39.1 Å². The number of piperidine rings is 1. The molecule has 1 spiro atoms. The summed E-state index contributed by atoms with van der Waals surface area (Å²) in [5.74, 6) is 0.961. The summed E-state index contributed by atoms with van der Waals surface area (Å²) < 4.78 is 18.7. The van der Waals surface area contributed by atoms with Crippen LogP contribution in [0.1, 0.15) is 72.6 Å². The van der Waals surface area contributed by atoms with Crippen molar-refractivity contribution in [1.82, 2.24) is 5.32 Å². The molecule has 0 bridgehead atoms. The average molecular weight is 588 g/mol. The molecule has 9 nitrogen and oxygen atoms in total. The van der Waals surface area contributed by atoms with Crippen molar-refractivity contribution in [3.05, 3.63) is 22.8 Å². The SMILES string of the molecule is CC1=C2C(=O)[C@@H]3[C@H](CC=C4C[C@@H](O[C@H]5O[C@H](O)[C@@H](O)[C@@H](O)[C@H]5CO)CC[C@@]43C)[C@@H]2CC[C@]12O[C@@H]1C[C@H](C)CN[C@H]1[C@H]2C. The summed E-state index contributed by atoms with van der Waals surface area (Å²) in [7, 11) is 0. The van der Waals surface area contributed by atoms with Crippen LogP contribution in [0.15, 0.2) is 22.8 Å². The van der Waals surface area contributed by atoms with Gasteiger partial charge < -0.3 is 40.0 Å². The lowest BCUT2D eigenvalue weighted by Gasteiger charge is -2.49. The molecule has 0 aromatic rings. The second-order valence-electron chi connectivity index (χ2n) is 14.9. The molecule has 7 aliphatic rings. The lowest BCUT2D eigenvalue weighted by molar-refractivity contribution is -0.341. The summed E-state index contributed by atoms with van der Waals surface area (Å²) in [6, 6.07) is 0.345. The Morgan fingerprint density at radius 2 is 1.93 bits per heavy atom. The molecule has 5 N–H and O–H groups in total. The van der Waals surface area contributed by atoms with Gasteiger partial charge in [-0.05, 0) is 87.2 Å². The van der Waals surface area contributed by atoms with Crippen molar-refractivity contribution in [1.29, 1.82) is 0 Å². The van der Waals surface area contributed by atoms with Crippen molar-refractivity contribution in [2.45, 2.75) is 121 Å². The van der Waals surface area contributed by atoms with E-state index in [4.69, 9.17) is 14.2 Å². The summed E-state index contributed by atoms with van der Waals surface area (Å²) in [5, 5.41) is 44.0. The Balaban J connectivity index is 1.11. The fraction of sp³-hybridized carbons (Fsp3) is 0.848. The van der Waals surface area contributed by atoms with Crippen LogP contribution in [0.25, 0.3) is 0 Å². The molecular weight excluding hydrogens is 538 g/mol.